The van der Waals surface area contributed by atoms with Crippen LogP contribution in [0.4, 0.5) is 19.0 Å². The predicted molar refractivity (Wildman–Crippen MR) is 141 cm³/mol. The maximum absolute atomic E-state index is 15.4. The Morgan fingerprint density at radius 3 is 2.32 bits per heavy atom. The van der Waals surface area contributed by atoms with Crippen LogP contribution in [0, 0.1) is 18.7 Å². The van der Waals surface area contributed by atoms with Crippen LogP contribution in [-0.4, -0.2) is 47.6 Å². The second-order valence-electron chi connectivity index (χ2n) is 10.2. The third-order valence-corrected chi connectivity index (χ3v) is 6.50. The molecule has 0 amide bonds. The fraction of sp³-hybridized carbons (Fsp3) is 0.500. The molecule has 0 bridgehead atoms. The molecule has 0 aliphatic carbocycles. The molecule has 1 heterocycles. The number of nitrogens with one attached hydrogen (secondary N) is 1. The van der Waals surface area contributed by atoms with Crippen LogP contribution in [0.5, 0.6) is 11.5 Å². The van der Waals surface area contributed by atoms with Crippen LogP contribution in [0.25, 0.3) is 10.9 Å². The average Bonchev–Trinajstić information content (AvgIpc) is 2.83. The standard InChI is InChI=1S/C28H36F3N3O4/c1-15(2)24(37-8)14-38-23-12-19-21(13-22(23)36-7)33-17(4)34-26(19)32-16(3)18-10-9-11-20(25(18)29)28(30,31)27(5,6)35/h9-13,15-16,24,35H,14H2,1-8H3,(H,32,33,34)/t16-,24?/m1/s1. The van der Waals surface area contributed by atoms with Gasteiger partial charge >= 0.3 is 5.92 Å². The van der Waals surface area contributed by atoms with E-state index in [4.69, 9.17) is 14.2 Å². The first-order valence-electron chi connectivity index (χ1n) is 12.4. The first-order chi connectivity index (χ1) is 17.7. The number of methoxy groups -OCH3 is 2. The molecule has 10 heteroatoms. The third kappa shape index (κ3) is 5.96. The number of aliphatic hydroxyl groups is 1. The minimum absolute atomic E-state index is 0.000644. The van der Waals surface area contributed by atoms with Gasteiger partial charge in [0.15, 0.2) is 11.5 Å². The van der Waals surface area contributed by atoms with Gasteiger partial charge in [0.25, 0.3) is 0 Å². The zero-order valence-electron chi connectivity index (χ0n) is 23.0. The van der Waals surface area contributed by atoms with Crippen LogP contribution in [0.1, 0.15) is 57.6 Å². The van der Waals surface area contributed by atoms with Gasteiger partial charge in [0.2, 0.25) is 0 Å². The Hall–Kier alpha value is -3.11. The Morgan fingerprint density at radius 2 is 1.74 bits per heavy atom. The monoisotopic (exact) mass is 535 g/mol. The lowest BCUT2D eigenvalue weighted by Gasteiger charge is -2.30. The maximum atomic E-state index is 15.4. The van der Waals surface area contributed by atoms with E-state index in [1.54, 1.807) is 33.1 Å². The highest BCUT2D eigenvalue weighted by Gasteiger charge is 2.49. The van der Waals surface area contributed by atoms with E-state index in [9.17, 15) is 13.9 Å². The summed E-state index contributed by atoms with van der Waals surface area (Å²) in [5.41, 5.74) is -2.76. The Labute approximate surface area is 221 Å². The fourth-order valence-corrected chi connectivity index (χ4v) is 4.08. The molecular formula is C28H36F3N3O4. The van der Waals surface area contributed by atoms with Crippen molar-refractivity contribution in [2.75, 3.05) is 26.1 Å². The van der Waals surface area contributed by atoms with E-state index in [2.05, 4.69) is 15.3 Å². The van der Waals surface area contributed by atoms with E-state index in [1.165, 1.54) is 19.2 Å². The SMILES string of the molecule is COc1cc2nc(C)nc(N[C@H](C)c3cccc(C(F)(F)C(C)(C)O)c3F)c2cc1OCC(OC)C(C)C. The summed E-state index contributed by atoms with van der Waals surface area (Å²) in [6.07, 6.45) is -0.139. The van der Waals surface area contributed by atoms with E-state index in [1.807, 2.05) is 13.8 Å². The number of fused-ring (bicyclic) bond motifs is 1. The number of halogens is 3. The van der Waals surface area contributed by atoms with Crippen molar-refractivity contribution in [1.82, 2.24) is 9.97 Å². The lowest BCUT2D eigenvalue weighted by atomic mass is 9.91. The number of alkyl halides is 2. The third-order valence-electron chi connectivity index (χ3n) is 6.50. The number of benzene rings is 2. The molecule has 0 saturated carbocycles. The number of hydrogen-bond acceptors (Lipinski definition) is 7. The molecule has 208 valence electrons. The van der Waals surface area contributed by atoms with Crippen molar-refractivity contribution in [3.05, 3.63) is 53.1 Å². The minimum Gasteiger partial charge on any atom is -0.493 e. The van der Waals surface area contributed by atoms with Gasteiger partial charge in [-0.1, -0.05) is 26.0 Å². The molecule has 0 aliphatic heterocycles. The summed E-state index contributed by atoms with van der Waals surface area (Å²) in [6, 6.07) is 6.43. The minimum atomic E-state index is -3.80. The zero-order valence-corrected chi connectivity index (χ0v) is 23.0. The number of anilines is 1. The van der Waals surface area contributed by atoms with Crippen LogP contribution in [0.2, 0.25) is 0 Å². The number of ether oxygens (including phenoxy) is 3. The summed E-state index contributed by atoms with van der Waals surface area (Å²) in [5, 5.41) is 13.7. The van der Waals surface area contributed by atoms with Crippen molar-refractivity contribution in [3.63, 3.8) is 0 Å². The van der Waals surface area contributed by atoms with Gasteiger partial charge in [-0.2, -0.15) is 8.78 Å². The quantitative estimate of drug-likeness (QED) is 0.304. The fourth-order valence-electron chi connectivity index (χ4n) is 4.08. The van der Waals surface area contributed by atoms with Gasteiger partial charge in [0.1, 0.15) is 29.7 Å². The normalized spacial score (nSPS) is 14.0. The van der Waals surface area contributed by atoms with Gasteiger partial charge in [-0.3, -0.25) is 0 Å². The van der Waals surface area contributed by atoms with Gasteiger partial charge < -0.3 is 24.6 Å². The highest BCUT2D eigenvalue weighted by Crippen LogP contribution is 2.42. The Kier molecular flexibility index (Phi) is 8.78. The molecule has 7 nitrogen and oxygen atoms in total. The van der Waals surface area contributed by atoms with E-state index >= 15 is 4.39 Å². The summed E-state index contributed by atoms with van der Waals surface area (Å²) in [5.74, 6) is -2.93. The molecule has 3 rings (SSSR count). The summed E-state index contributed by atoms with van der Waals surface area (Å²) in [7, 11) is 3.15. The smallest absolute Gasteiger partial charge is 0.303 e. The molecule has 3 aromatic rings. The Balaban J connectivity index is 2.02. The number of aryl methyl sites for hydroxylation is 1. The molecule has 0 aliphatic rings. The van der Waals surface area contributed by atoms with Crippen LogP contribution < -0.4 is 14.8 Å². The van der Waals surface area contributed by atoms with Crippen molar-refractivity contribution in [2.24, 2.45) is 5.92 Å². The summed E-state index contributed by atoms with van der Waals surface area (Å²) in [6.45, 7) is 9.58. The van der Waals surface area contributed by atoms with Gasteiger partial charge in [-0.05, 0) is 45.7 Å². The summed E-state index contributed by atoms with van der Waals surface area (Å²) in [4.78, 5) is 8.97. The second kappa shape index (κ2) is 11.3. The van der Waals surface area contributed by atoms with E-state index in [0.29, 0.717) is 34.0 Å². The van der Waals surface area contributed by atoms with Gasteiger partial charge in [-0.25, -0.2) is 14.4 Å². The van der Waals surface area contributed by atoms with Gasteiger partial charge in [0, 0.05) is 24.1 Å². The molecule has 1 aromatic heterocycles. The lowest BCUT2D eigenvalue weighted by Crippen LogP contribution is -2.41. The van der Waals surface area contributed by atoms with E-state index in [0.717, 1.165) is 19.9 Å². The predicted octanol–water partition coefficient (Wildman–Crippen LogP) is 6.17. The van der Waals surface area contributed by atoms with Gasteiger partial charge in [0.05, 0.1) is 30.3 Å². The van der Waals surface area contributed by atoms with Crippen molar-refractivity contribution >= 4 is 16.7 Å². The molecule has 0 spiro atoms. The number of rotatable bonds is 11. The van der Waals surface area contributed by atoms with Gasteiger partial charge in [-0.15, -0.1) is 0 Å². The molecule has 2 atom stereocenters. The van der Waals surface area contributed by atoms with Crippen molar-refractivity contribution in [2.45, 2.75) is 65.2 Å². The van der Waals surface area contributed by atoms with Crippen LogP contribution >= 0.6 is 0 Å². The molecule has 0 saturated heterocycles. The number of hydrogen-bond donors (Lipinski definition) is 2. The summed E-state index contributed by atoms with van der Waals surface area (Å²) < 4.78 is 62.0. The number of nitrogens with zero attached hydrogens (tertiary/aromatic N) is 2. The largest absolute Gasteiger partial charge is 0.493 e. The van der Waals surface area contributed by atoms with Crippen LogP contribution in [0.3, 0.4) is 0 Å². The van der Waals surface area contributed by atoms with E-state index in [-0.39, 0.29) is 24.2 Å². The average molecular weight is 536 g/mol. The summed E-state index contributed by atoms with van der Waals surface area (Å²) >= 11 is 0. The molecule has 0 fully saturated rings. The molecule has 38 heavy (non-hydrogen) atoms. The van der Waals surface area contributed by atoms with Crippen molar-refractivity contribution in [1.29, 1.82) is 0 Å². The molecule has 2 N–H and O–H groups in total. The Bertz CT molecular complexity index is 1280. The maximum Gasteiger partial charge on any atom is 0.303 e. The topological polar surface area (TPSA) is 85.7 Å². The molecular weight excluding hydrogens is 499 g/mol. The van der Waals surface area contributed by atoms with Crippen LogP contribution in [0.15, 0.2) is 30.3 Å². The van der Waals surface area contributed by atoms with E-state index < -0.39 is 28.9 Å². The lowest BCUT2D eigenvalue weighted by molar-refractivity contribution is -0.170. The highest BCUT2D eigenvalue weighted by molar-refractivity contribution is 5.92. The number of aromatic nitrogens is 2. The highest BCUT2D eigenvalue weighted by atomic mass is 19.3. The second-order valence-corrected chi connectivity index (χ2v) is 10.2. The van der Waals surface area contributed by atoms with Crippen molar-refractivity contribution in [3.8, 4) is 11.5 Å². The first kappa shape index (κ1) is 29.4. The molecule has 1 unspecified atom stereocenters. The molecule has 0 radical (unpaired) electrons. The van der Waals surface area contributed by atoms with Crippen LogP contribution in [-0.2, 0) is 10.7 Å². The Morgan fingerprint density at radius 1 is 1.05 bits per heavy atom. The zero-order chi connectivity index (χ0) is 28.4. The molecule has 2 aromatic carbocycles. The first-order valence-corrected chi connectivity index (χ1v) is 12.4. The van der Waals surface area contributed by atoms with Crippen molar-refractivity contribution < 1.29 is 32.5 Å².